The second-order valence-electron chi connectivity index (χ2n) is 8.47. The fourth-order valence-electron chi connectivity index (χ4n) is 4.33. The molecule has 8 nitrogen and oxygen atoms in total. The van der Waals surface area contributed by atoms with Gasteiger partial charge in [0.1, 0.15) is 5.75 Å². The van der Waals surface area contributed by atoms with Gasteiger partial charge in [-0.1, -0.05) is 0 Å². The average molecular weight is 469 g/mol. The molecule has 0 spiro atoms. The van der Waals surface area contributed by atoms with E-state index in [9.17, 15) is 19.5 Å². The number of piperidine rings is 1. The second-order valence-corrected chi connectivity index (χ2v) is 9.55. The Balaban J connectivity index is 1.48. The zero-order valence-electron chi connectivity index (χ0n) is 18.8. The number of aromatic hydroxyl groups is 1. The molecule has 2 aliphatic heterocycles. The van der Waals surface area contributed by atoms with Crippen LogP contribution >= 0.6 is 11.8 Å². The van der Waals surface area contributed by atoms with Gasteiger partial charge in [0.2, 0.25) is 5.91 Å². The fourth-order valence-corrected chi connectivity index (χ4v) is 5.27. The van der Waals surface area contributed by atoms with Crippen molar-refractivity contribution in [3.8, 4) is 5.75 Å². The number of hydrogen-bond acceptors (Lipinski definition) is 6. The molecule has 4 rings (SSSR count). The first-order valence-electron chi connectivity index (χ1n) is 11.1. The number of phenols is 1. The number of thioether (sulfide) groups is 1. The highest BCUT2D eigenvalue weighted by molar-refractivity contribution is 7.99. The molecule has 0 radical (unpaired) electrons. The number of likely N-dealkylation sites (tertiary alicyclic amines) is 1. The Morgan fingerprint density at radius 2 is 1.76 bits per heavy atom. The van der Waals surface area contributed by atoms with Gasteiger partial charge in [-0.25, -0.2) is 0 Å². The quantitative estimate of drug-likeness (QED) is 0.668. The number of hydrogen-bond donors (Lipinski definition) is 2. The Kier molecular flexibility index (Phi) is 6.88. The topological polar surface area (TPSA) is 103 Å². The molecule has 2 N–H and O–H groups in total. The molecule has 2 aromatic rings. The number of amides is 3. The van der Waals surface area contributed by atoms with Crippen molar-refractivity contribution in [2.24, 2.45) is 0 Å². The summed E-state index contributed by atoms with van der Waals surface area (Å²) in [5, 5.41) is 12.9. The van der Waals surface area contributed by atoms with Gasteiger partial charge in [0.05, 0.1) is 22.7 Å². The summed E-state index contributed by atoms with van der Waals surface area (Å²) in [5.41, 5.74) is 2.98. The number of nitrogens with one attached hydrogen (secondary N) is 1. The smallest absolute Gasteiger partial charge is 0.257 e. The van der Waals surface area contributed by atoms with Gasteiger partial charge < -0.3 is 20.2 Å². The third-order valence-corrected chi connectivity index (χ3v) is 7.02. The van der Waals surface area contributed by atoms with Gasteiger partial charge in [0, 0.05) is 49.6 Å². The van der Waals surface area contributed by atoms with Crippen molar-refractivity contribution in [3.63, 3.8) is 0 Å². The summed E-state index contributed by atoms with van der Waals surface area (Å²) < 4.78 is 0. The SMILES string of the molecule is CC(=O)Nc1ccc(O)c(C(=O)N2CCC(c3nc(C)ccc3C(=O)N3CCSC3)CC2)c1. The molecule has 9 heteroatoms. The number of aromatic nitrogens is 1. The monoisotopic (exact) mass is 468 g/mol. The molecule has 2 saturated heterocycles. The van der Waals surface area contributed by atoms with E-state index >= 15 is 0 Å². The Labute approximate surface area is 197 Å². The number of carbonyl (C=O) groups excluding carboxylic acids is 3. The van der Waals surface area contributed by atoms with Crippen LogP contribution in [0.25, 0.3) is 0 Å². The summed E-state index contributed by atoms with van der Waals surface area (Å²) in [7, 11) is 0. The van der Waals surface area contributed by atoms with E-state index in [4.69, 9.17) is 4.98 Å². The van der Waals surface area contributed by atoms with Crippen LogP contribution in [0.15, 0.2) is 30.3 Å². The van der Waals surface area contributed by atoms with Crippen molar-refractivity contribution >= 4 is 35.2 Å². The second kappa shape index (κ2) is 9.82. The van der Waals surface area contributed by atoms with Crippen LogP contribution in [0, 0.1) is 6.92 Å². The van der Waals surface area contributed by atoms with Crippen molar-refractivity contribution in [1.82, 2.24) is 14.8 Å². The van der Waals surface area contributed by atoms with Crippen LogP contribution in [0.4, 0.5) is 5.69 Å². The van der Waals surface area contributed by atoms with Gasteiger partial charge in [0.25, 0.3) is 11.8 Å². The van der Waals surface area contributed by atoms with Crippen LogP contribution in [-0.2, 0) is 4.79 Å². The number of pyridine rings is 1. The standard InChI is InChI=1S/C24H28N4O4S/c1-15-3-5-19(23(31)28-11-12-33-14-28)22(25-15)17-7-9-27(10-8-17)24(32)20-13-18(26-16(2)29)4-6-21(20)30/h3-6,13,17,30H,7-12,14H2,1-2H3,(H,26,29). The molecular formula is C24H28N4O4S. The number of nitrogens with zero attached hydrogens (tertiary/aromatic N) is 3. The molecule has 2 fully saturated rings. The summed E-state index contributed by atoms with van der Waals surface area (Å²) in [6.45, 7) is 5.06. The predicted octanol–water partition coefficient (Wildman–Crippen LogP) is 3.22. The highest BCUT2D eigenvalue weighted by atomic mass is 32.2. The molecule has 0 saturated carbocycles. The van der Waals surface area contributed by atoms with Crippen LogP contribution in [-0.4, -0.2) is 68.9 Å². The molecule has 2 aliphatic rings. The van der Waals surface area contributed by atoms with Crippen molar-refractivity contribution in [2.75, 3.05) is 36.6 Å². The van der Waals surface area contributed by atoms with E-state index in [-0.39, 0.29) is 35.0 Å². The third kappa shape index (κ3) is 5.13. The van der Waals surface area contributed by atoms with Crippen LogP contribution in [0.2, 0.25) is 0 Å². The van der Waals surface area contributed by atoms with Gasteiger partial charge in [-0.05, 0) is 50.1 Å². The maximum atomic E-state index is 13.1. The first kappa shape index (κ1) is 23.1. The van der Waals surface area contributed by atoms with E-state index in [1.807, 2.05) is 24.0 Å². The molecule has 0 aliphatic carbocycles. The van der Waals surface area contributed by atoms with Crippen LogP contribution < -0.4 is 5.32 Å². The van der Waals surface area contributed by atoms with Gasteiger partial charge >= 0.3 is 0 Å². The minimum absolute atomic E-state index is 0.0284. The molecule has 0 atom stereocenters. The number of phenolic OH excluding ortho intramolecular Hbond substituents is 1. The molecular weight excluding hydrogens is 440 g/mol. The third-order valence-electron chi connectivity index (χ3n) is 6.05. The maximum absolute atomic E-state index is 13.1. The summed E-state index contributed by atoms with van der Waals surface area (Å²) >= 11 is 1.75. The zero-order chi connectivity index (χ0) is 23.5. The number of rotatable bonds is 4. The van der Waals surface area contributed by atoms with Crippen molar-refractivity contribution in [3.05, 3.63) is 52.8 Å². The molecule has 3 heterocycles. The van der Waals surface area contributed by atoms with Crippen molar-refractivity contribution in [1.29, 1.82) is 0 Å². The highest BCUT2D eigenvalue weighted by Gasteiger charge is 2.31. The minimum Gasteiger partial charge on any atom is -0.507 e. The summed E-state index contributed by atoms with van der Waals surface area (Å²) in [6, 6.07) is 8.23. The first-order chi connectivity index (χ1) is 15.8. The molecule has 0 bridgehead atoms. The Morgan fingerprint density at radius 1 is 1.03 bits per heavy atom. The fraction of sp³-hybridized carbons (Fsp3) is 0.417. The molecule has 1 aromatic carbocycles. The number of benzene rings is 1. The predicted molar refractivity (Wildman–Crippen MR) is 128 cm³/mol. The lowest BCUT2D eigenvalue weighted by Crippen LogP contribution is -2.38. The molecule has 0 unspecified atom stereocenters. The summed E-state index contributed by atoms with van der Waals surface area (Å²) in [4.78, 5) is 45.8. The molecule has 33 heavy (non-hydrogen) atoms. The van der Waals surface area contributed by atoms with E-state index in [0.717, 1.165) is 23.7 Å². The Morgan fingerprint density at radius 3 is 2.42 bits per heavy atom. The molecule has 1 aromatic heterocycles. The van der Waals surface area contributed by atoms with Crippen LogP contribution in [0.3, 0.4) is 0 Å². The maximum Gasteiger partial charge on any atom is 0.257 e. The van der Waals surface area contributed by atoms with E-state index in [2.05, 4.69) is 5.32 Å². The van der Waals surface area contributed by atoms with Gasteiger partial charge in [0.15, 0.2) is 0 Å². The van der Waals surface area contributed by atoms with Gasteiger partial charge in [-0.3, -0.25) is 19.4 Å². The highest BCUT2D eigenvalue weighted by Crippen LogP contribution is 2.32. The summed E-state index contributed by atoms with van der Waals surface area (Å²) in [6.07, 6.45) is 1.37. The lowest BCUT2D eigenvalue weighted by Gasteiger charge is -2.33. The number of carbonyl (C=O) groups is 3. The normalized spacial score (nSPS) is 16.7. The summed E-state index contributed by atoms with van der Waals surface area (Å²) in [5.74, 6) is 1.14. The first-order valence-corrected chi connectivity index (χ1v) is 12.2. The van der Waals surface area contributed by atoms with Crippen LogP contribution in [0.5, 0.6) is 5.75 Å². The van der Waals surface area contributed by atoms with Gasteiger partial charge in [-0.2, -0.15) is 0 Å². The Bertz CT molecular complexity index is 1080. The lowest BCUT2D eigenvalue weighted by atomic mass is 9.89. The average Bonchev–Trinajstić information content (AvgIpc) is 3.34. The lowest BCUT2D eigenvalue weighted by molar-refractivity contribution is -0.114. The van der Waals surface area contributed by atoms with Crippen molar-refractivity contribution < 1.29 is 19.5 Å². The van der Waals surface area contributed by atoms with E-state index < -0.39 is 0 Å². The largest absolute Gasteiger partial charge is 0.507 e. The molecule has 174 valence electrons. The Hall–Kier alpha value is -3.07. The number of anilines is 1. The minimum atomic E-state index is -0.277. The van der Waals surface area contributed by atoms with Gasteiger partial charge in [-0.15, -0.1) is 11.8 Å². The van der Waals surface area contributed by atoms with E-state index in [1.165, 1.54) is 19.1 Å². The van der Waals surface area contributed by atoms with Crippen LogP contribution in [0.1, 0.15) is 57.8 Å². The molecule has 3 amide bonds. The number of aryl methyl sites for hydroxylation is 1. The van der Waals surface area contributed by atoms with E-state index in [0.29, 0.717) is 43.1 Å². The van der Waals surface area contributed by atoms with Crippen molar-refractivity contribution in [2.45, 2.75) is 32.6 Å². The zero-order valence-corrected chi connectivity index (χ0v) is 19.7. The van der Waals surface area contributed by atoms with E-state index in [1.54, 1.807) is 22.7 Å².